The number of hydrogen-bond donors (Lipinski definition) is 2. The molecular formula is C16H22N2O. The monoisotopic (exact) mass is 258 g/mol. The number of fused-ring (bicyclic) bond motifs is 1. The van der Waals surface area contributed by atoms with Gasteiger partial charge >= 0.3 is 0 Å². The predicted octanol–water partition coefficient (Wildman–Crippen LogP) is 3.05. The summed E-state index contributed by atoms with van der Waals surface area (Å²) < 4.78 is 5.38. The van der Waals surface area contributed by atoms with E-state index in [1.165, 1.54) is 27.7 Å². The number of aromatic amines is 1. The van der Waals surface area contributed by atoms with Crippen molar-refractivity contribution in [1.82, 2.24) is 10.3 Å². The van der Waals surface area contributed by atoms with Gasteiger partial charge in [-0.3, -0.25) is 0 Å². The number of benzene rings is 1. The molecule has 3 nitrogen and oxygen atoms in total. The molecule has 1 aliphatic heterocycles. The number of nitrogens with one attached hydrogen (secondary N) is 2. The van der Waals surface area contributed by atoms with Gasteiger partial charge in [0, 0.05) is 42.4 Å². The van der Waals surface area contributed by atoms with Crippen LogP contribution in [0.15, 0.2) is 18.2 Å². The fourth-order valence-corrected chi connectivity index (χ4v) is 2.78. The van der Waals surface area contributed by atoms with E-state index in [4.69, 9.17) is 4.74 Å². The number of ether oxygens (including phenoxy) is 1. The second-order valence-electron chi connectivity index (χ2n) is 5.52. The van der Waals surface area contributed by atoms with Crippen LogP contribution >= 0.6 is 0 Å². The number of hydrogen-bond acceptors (Lipinski definition) is 2. The van der Waals surface area contributed by atoms with Gasteiger partial charge in [-0.05, 0) is 49.9 Å². The molecule has 1 aliphatic rings. The fourth-order valence-electron chi connectivity index (χ4n) is 2.78. The fraction of sp³-hybridized carbons (Fsp3) is 0.500. The molecular weight excluding hydrogens is 236 g/mol. The molecule has 0 bridgehead atoms. The van der Waals surface area contributed by atoms with E-state index in [9.17, 15) is 0 Å². The van der Waals surface area contributed by atoms with E-state index in [0.717, 1.165) is 32.6 Å². The molecule has 0 saturated carbocycles. The molecule has 1 aromatic heterocycles. The van der Waals surface area contributed by atoms with Crippen LogP contribution in [0.2, 0.25) is 0 Å². The predicted molar refractivity (Wildman–Crippen MR) is 78.5 cm³/mol. The van der Waals surface area contributed by atoms with Crippen LogP contribution in [0.3, 0.4) is 0 Å². The van der Waals surface area contributed by atoms with Crippen molar-refractivity contribution < 1.29 is 4.74 Å². The van der Waals surface area contributed by atoms with Crippen LogP contribution in [0.4, 0.5) is 0 Å². The first-order chi connectivity index (χ1) is 9.24. The van der Waals surface area contributed by atoms with Crippen molar-refractivity contribution in [2.45, 2.75) is 39.3 Å². The van der Waals surface area contributed by atoms with Gasteiger partial charge in [0.15, 0.2) is 0 Å². The van der Waals surface area contributed by atoms with E-state index in [1.807, 2.05) is 0 Å². The van der Waals surface area contributed by atoms with Gasteiger partial charge in [-0.25, -0.2) is 0 Å². The second kappa shape index (κ2) is 5.35. The Hall–Kier alpha value is -1.32. The summed E-state index contributed by atoms with van der Waals surface area (Å²) in [5, 5.41) is 4.99. The van der Waals surface area contributed by atoms with Crippen LogP contribution in [0.5, 0.6) is 0 Å². The minimum atomic E-state index is 0.610. The minimum absolute atomic E-state index is 0.610. The van der Waals surface area contributed by atoms with Crippen molar-refractivity contribution in [3.8, 4) is 0 Å². The SMILES string of the molecule is Cc1[nH]c2ccc(CNC3CCOCC3)cc2c1C. The Balaban J connectivity index is 1.72. The van der Waals surface area contributed by atoms with Gasteiger partial charge in [0.05, 0.1) is 0 Å². The zero-order chi connectivity index (χ0) is 13.2. The summed E-state index contributed by atoms with van der Waals surface area (Å²) in [6.07, 6.45) is 2.26. The Kier molecular flexibility index (Phi) is 3.58. The normalized spacial score (nSPS) is 17.2. The first-order valence-corrected chi connectivity index (χ1v) is 7.13. The van der Waals surface area contributed by atoms with Gasteiger partial charge < -0.3 is 15.0 Å². The first-order valence-electron chi connectivity index (χ1n) is 7.13. The third-order valence-corrected chi connectivity index (χ3v) is 4.19. The number of rotatable bonds is 3. The van der Waals surface area contributed by atoms with E-state index < -0.39 is 0 Å². The molecule has 3 rings (SSSR count). The maximum Gasteiger partial charge on any atom is 0.0480 e. The summed E-state index contributed by atoms with van der Waals surface area (Å²) in [4.78, 5) is 3.42. The maximum atomic E-state index is 5.38. The van der Waals surface area contributed by atoms with Gasteiger partial charge in [0.2, 0.25) is 0 Å². The highest BCUT2D eigenvalue weighted by atomic mass is 16.5. The van der Waals surface area contributed by atoms with Crippen LogP contribution < -0.4 is 5.32 Å². The number of H-pyrrole nitrogens is 1. The molecule has 0 radical (unpaired) electrons. The van der Waals surface area contributed by atoms with E-state index in [2.05, 4.69) is 42.3 Å². The van der Waals surface area contributed by atoms with Gasteiger partial charge in [0.1, 0.15) is 0 Å². The number of aromatic nitrogens is 1. The molecule has 0 aliphatic carbocycles. The molecule has 2 heterocycles. The van der Waals surface area contributed by atoms with E-state index in [1.54, 1.807) is 0 Å². The lowest BCUT2D eigenvalue weighted by atomic mass is 10.1. The highest BCUT2D eigenvalue weighted by molar-refractivity contribution is 5.84. The van der Waals surface area contributed by atoms with Crippen molar-refractivity contribution in [2.75, 3.05) is 13.2 Å². The molecule has 2 aromatic rings. The Morgan fingerprint density at radius 1 is 1.26 bits per heavy atom. The molecule has 0 atom stereocenters. The third kappa shape index (κ3) is 2.67. The van der Waals surface area contributed by atoms with Crippen molar-refractivity contribution in [2.24, 2.45) is 0 Å². The summed E-state index contributed by atoms with van der Waals surface area (Å²) >= 11 is 0. The van der Waals surface area contributed by atoms with E-state index >= 15 is 0 Å². The van der Waals surface area contributed by atoms with Crippen LogP contribution in [-0.4, -0.2) is 24.2 Å². The van der Waals surface area contributed by atoms with Crippen LogP contribution in [0.25, 0.3) is 10.9 Å². The highest BCUT2D eigenvalue weighted by Crippen LogP contribution is 2.22. The van der Waals surface area contributed by atoms with E-state index in [-0.39, 0.29) is 0 Å². The molecule has 19 heavy (non-hydrogen) atoms. The molecule has 1 fully saturated rings. The van der Waals surface area contributed by atoms with Gasteiger partial charge in [0.25, 0.3) is 0 Å². The standard InChI is InChI=1S/C16H22N2O/c1-11-12(2)18-16-4-3-13(9-15(11)16)10-17-14-5-7-19-8-6-14/h3-4,9,14,17-18H,5-8,10H2,1-2H3. The van der Waals surface area contributed by atoms with Crippen molar-refractivity contribution in [3.63, 3.8) is 0 Å². The summed E-state index contributed by atoms with van der Waals surface area (Å²) in [7, 11) is 0. The summed E-state index contributed by atoms with van der Waals surface area (Å²) in [5.74, 6) is 0. The molecule has 3 heteroatoms. The van der Waals surface area contributed by atoms with Crippen molar-refractivity contribution >= 4 is 10.9 Å². The first kappa shape index (κ1) is 12.7. The van der Waals surface area contributed by atoms with Gasteiger partial charge in [-0.1, -0.05) is 6.07 Å². The zero-order valence-electron chi connectivity index (χ0n) is 11.8. The topological polar surface area (TPSA) is 37.0 Å². The van der Waals surface area contributed by atoms with Crippen LogP contribution in [0, 0.1) is 13.8 Å². The Labute approximate surface area is 114 Å². The van der Waals surface area contributed by atoms with E-state index in [0.29, 0.717) is 6.04 Å². The molecule has 1 aromatic carbocycles. The highest BCUT2D eigenvalue weighted by Gasteiger charge is 2.13. The van der Waals surface area contributed by atoms with Crippen LogP contribution in [-0.2, 0) is 11.3 Å². The molecule has 0 amide bonds. The molecule has 0 spiro atoms. The summed E-state index contributed by atoms with van der Waals surface area (Å²) in [6.45, 7) is 7.06. The molecule has 0 unspecified atom stereocenters. The molecule has 1 saturated heterocycles. The molecule has 2 N–H and O–H groups in total. The minimum Gasteiger partial charge on any atom is -0.381 e. The third-order valence-electron chi connectivity index (χ3n) is 4.19. The lowest BCUT2D eigenvalue weighted by Gasteiger charge is -2.23. The Bertz CT molecular complexity index is 567. The quantitative estimate of drug-likeness (QED) is 0.888. The van der Waals surface area contributed by atoms with Crippen LogP contribution in [0.1, 0.15) is 29.7 Å². The van der Waals surface area contributed by atoms with Crippen molar-refractivity contribution in [1.29, 1.82) is 0 Å². The maximum absolute atomic E-state index is 5.38. The van der Waals surface area contributed by atoms with Crippen molar-refractivity contribution in [3.05, 3.63) is 35.0 Å². The second-order valence-corrected chi connectivity index (χ2v) is 5.52. The van der Waals surface area contributed by atoms with Gasteiger partial charge in [-0.15, -0.1) is 0 Å². The Morgan fingerprint density at radius 2 is 2.05 bits per heavy atom. The summed E-state index contributed by atoms with van der Waals surface area (Å²) in [5.41, 5.74) is 5.23. The zero-order valence-corrected chi connectivity index (χ0v) is 11.8. The average molecular weight is 258 g/mol. The van der Waals surface area contributed by atoms with Gasteiger partial charge in [-0.2, -0.15) is 0 Å². The number of aryl methyl sites for hydroxylation is 2. The summed E-state index contributed by atoms with van der Waals surface area (Å²) in [6, 6.07) is 7.32. The molecule has 102 valence electrons. The average Bonchev–Trinajstić information content (AvgIpc) is 2.73. The largest absolute Gasteiger partial charge is 0.381 e. The smallest absolute Gasteiger partial charge is 0.0480 e. The Morgan fingerprint density at radius 3 is 2.84 bits per heavy atom. The lowest BCUT2D eigenvalue weighted by Crippen LogP contribution is -2.34. The lowest BCUT2D eigenvalue weighted by molar-refractivity contribution is 0.0776.